The van der Waals surface area contributed by atoms with Crippen LogP contribution in [0.15, 0.2) is 71.9 Å². The molecule has 3 heterocycles. The molecule has 3 N–H and O–H groups in total. The number of nitrogens with one attached hydrogen (secondary N) is 2. The highest BCUT2D eigenvalue weighted by Crippen LogP contribution is 2.27. The number of H-pyrrole nitrogens is 1. The Kier molecular flexibility index (Phi) is 7.91. The summed E-state index contributed by atoms with van der Waals surface area (Å²) in [5.74, 6) is -0.904. The van der Waals surface area contributed by atoms with Crippen LogP contribution < -0.4 is 11.0 Å². The maximum atomic E-state index is 13.2. The first-order valence-corrected chi connectivity index (χ1v) is 11.8. The zero-order chi connectivity index (χ0) is 27.3. The fourth-order valence-corrected chi connectivity index (χ4v) is 3.89. The number of hydrogen-bond acceptors (Lipinski definition) is 5. The molecule has 5 aromatic rings. The Balaban J connectivity index is 0.000000786. The number of fused-ring (bicyclic) bond motifs is 2. The first kappa shape index (κ1) is 26.6. The number of hydrogen-bond donors (Lipinski definition) is 3. The van der Waals surface area contributed by atoms with Crippen molar-refractivity contribution in [1.82, 2.24) is 29.6 Å². The Morgan fingerprint density at radius 1 is 1.05 bits per heavy atom. The number of aromatic nitrogens is 5. The van der Waals surface area contributed by atoms with Crippen LogP contribution in [0.2, 0.25) is 0 Å². The summed E-state index contributed by atoms with van der Waals surface area (Å²) in [5.41, 5.74) is 3.51. The van der Waals surface area contributed by atoms with E-state index in [2.05, 4.69) is 15.2 Å². The third-order valence-corrected chi connectivity index (χ3v) is 5.65. The van der Waals surface area contributed by atoms with Crippen LogP contribution in [0.1, 0.15) is 13.3 Å². The molecule has 0 aliphatic carbocycles. The summed E-state index contributed by atoms with van der Waals surface area (Å²) in [5, 5.41) is 17.5. The molecule has 0 aliphatic heterocycles. The van der Waals surface area contributed by atoms with Crippen molar-refractivity contribution in [1.29, 1.82) is 0 Å². The number of para-hydroxylation sites is 2. The summed E-state index contributed by atoms with van der Waals surface area (Å²) in [6.07, 6.45) is 1.46. The number of aliphatic hydroxyl groups is 1. The van der Waals surface area contributed by atoms with Gasteiger partial charge in [0.15, 0.2) is 0 Å². The van der Waals surface area contributed by atoms with Gasteiger partial charge in [-0.25, -0.2) is 4.79 Å². The summed E-state index contributed by atoms with van der Waals surface area (Å²) in [7, 11) is 0. The Morgan fingerprint density at radius 3 is 2.39 bits per heavy atom. The summed E-state index contributed by atoms with van der Waals surface area (Å²) >= 11 is 0. The Bertz CT molecular complexity index is 1600. The van der Waals surface area contributed by atoms with E-state index in [-0.39, 0.29) is 0 Å². The molecule has 0 spiro atoms. The second-order valence-corrected chi connectivity index (χ2v) is 8.37. The van der Waals surface area contributed by atoms with Crippen molar-refractivity contribution in [3.8, 4) is 16.8 Å². The first-order chi connectivity index (χ1) is 18.2. The van der Waals surface area contributed by atoms with Gasteiger partial charge in [0.05, 0.1) is 34.6 Å². The van der Waals surface area contributed by atoms with E-state index in [1.54, 1.807) is 60.3 Å². The molecule has 5 rings (SSSR count). The van der Waals surface area contributed by atoms with Gasteiger partial charge in [-0.05, 0) is 36.2 Å². The predicted octanol–water partition coefficient (Wildman–Crippen LogP) is 3.80. The second kappa shape index (κ2) is 11.3. The summed E-state index contributed by atoms with van der Waals surface area (Å²) < 4.78 is 39.9. The largest absolute Gasteiger partial charge is 0.405 e. The van der Waals surface area contributed by atoms with E-state index in [0.717, 1.165) is 33.0 Å². The van der Waals surface area contributed by atoms with Crippen LogP contribution in [-0.2, 0) is 11.3 Å². The van der Waals surface area contributed by atoms with Crippen LogP contribution in [0, 0.1) is 0 Å². The number of rotatable bonds is 6. The number of aromatic amines is 1. The average molecular weight is 527 g/mol. The molecule has 1 amide bonds. The highest BCUT2D eigenvalue weighted by Gasteiger charge is 2.28. The number of amides is 1. The van der Waals surface area contributed by atoms with Gasteiger partial charge in [-0.2, -0.15) is 18.3 Å². The fourth-order valence-electron chi connectivity index (χ4n) is 3.89. The van der Waals surface area contributed by atoms with Gasteiger partial charge in [0.2, 0.25) is 5.91 Å². The molecule has 3 aromatic heterocycles. The van der Waals surface area contributed by atoms with Gasteiger partial charge in [0, 0.05) is 23.8 Å². The minimum Gasteiger partial charge on any atom is -0.396 e. The minimum absolute atomic E-state index is 0.319. The number of aliphatic hydroxyl groups excluding tert-OH is 1. The summed E-state index contributed by atoms with van der Waals surface area (Å²) in [4.78, 5) is 29.5. The molecule has 0 saturated heterocycles. The number of pyridine rings is 1. The van der Waals surface area contributed by atoms with Crippen LogP contribution in [-0.4, -0.2) is 54.7 Å². The van der Waals surface area contributed by atoms with Gasteiger partial charge in [-0.1, -0.05) is 31.2 Å². The van der Waals surface area contributed by atoms with Crippen molar-refractivity contribution in [2.45, 2.75) is 26.1 Å². The maximum absolute atomic E-state index is 13.2. The maximum Gasteiger partial charge on any atom is 0.405 e. The molecule has 0 bridgehead atoms. The molecule has 0 fully saturated rings. The number of benzene rings is 2. The third-order valence-electron chi connectivity index (χ3n) is 5.65. The Labute approximate surface area is 214 Å². The number of halogens is 3. The lowest BCUT2D eigenvalue weighted by atomic mass is 10.0. The number of imidazole rings is 1. The van der Waals surface area contributed by atoms with Crippen LogP contribution in [0.4, 0.5) is 13.2 Å². The number of carbonyl (C=O) groups excluding carboxylic acids is 1. The van der Waals surface area contributed by atoms with Gasteiger partial charge >= 0.3 is 11.9 Å². The zero-order valence-electron chi connectivity index (χ0n) is 20.4. The Morgan fingerprint density at radius 2 is 1.74 bits per heavy atom. The summed E-state index contributed by atoms with van der Waals surface area (Å²) in [6, 6.07) is 14.0. The highest BCUT2D eigenvalue weighted by molar-refractivity contribution is 5.93. The lowest BCUT2D eigenvalue weighted by Crippen LogP contribution is -2.37. The van der Waals surface area contributed by atoms with Gasteiger partial charge in [-0.3, -0.25) is 24.0 Å². The third kappa shape index (κ3) is 5.75. The molecule has 198 valence electrons. The van der Waals surface area contributed by atoms with Crippen molar-refractivity contribution in [3.63, 3.8) is 0 Å². The number of alkyl halides is 3. The van der Waals surface area contributed by atoms with Gasteiger partial charge in [0.25, 0.3) is 0 Å². The van der Waals surface area contributed by atoms with Crippen LogP contribution in [0.3, 0.4) is 0 Å². The monoisotopic (exact) mass is 526 g/mol. The van der Waals surface area contributed by atoms with Crippen LogP contribution >= 0.6 is 0 Å². The molecule has 0 unspecified atom stereocenters. The molecule has 0 radical (unpaired) electrons. The molecule has 0 atom stereocenters. The van der Waals surface area contributed by atoms with E-state index in [0.29, 0.717) is 23.3 Å². The molecular weight excluding hydrogens is 501 g/mol. The van der Waals surface area contributed by atoms with Gasteiger partial charge < -0.3 is 10.4 Å². The average Bonchev–Trinajstić information content (AvgIpc) is 3.50. The van der Waals surface area contributed by atoms with Crippen LogP contribution in [0.25, 0.3) is 38.8 Å². The molecule has 38 heavy (non-hydrogen) atoms. The lowest BCUT2D eigenvalue weighted by Gasteiger charge is -2.08. The van der Waals surface area contributed by atoms with E-state index in [9.17, 15) is 22.8 Å². The highest BCUT2D eigenvalue weighted by atomic mass is 19.4. The van der Waals surface area contributed by atoms with Crippen molar-refractivity contribution in [2.75, 3.05) is 13.2 Å². The van der Waals surface area contributed by atoms with Crippen molar-refractivity contribution in [2.24, 2.45) is 0 Å². The molecule has 2 aromatic carbocycles. The fraction of sp³-hybridized carbons (Fsp3) is 0.231. The van der Waals surface area contributed by atoms with E-state index in [4.69, 9.17) is 5.11 Å². The normalized spacial score (nSPS) is 11.4. The predicted molar refractivity (Wildman–Crippen MR) is 137 cm³/mol. The van der Waals surface area contributed by atoms with E-state index in [1.165, 1.54) is 4.57 Å². The number of nitrogens with zero attached hydrogens (tertiary/aromatic N) is 4. The van der Waals surface area contributed by atoms with Crippen molar-refractivity contribution in [3.05, 3.63) is 77.6 Å². The second-order valence-electron chi connectivity index (χ2n) is 8.37. The minimum atomic E-state index is -4.54. The summed E-state index contributed by atoms with van der Waals surface area (Å²) in [6.45, 7) is 0.258. The molecule has 0 saturated carbocycles. The van der Waals surface area contributed by atoms with Crippen molar-refractivity contribution < 1.29 is 23.1 Å². The van der Waals surface area contributed by atoms with Gasteiger partial charge in [0.1, 0.15) is 13.1 Å². The smallest absolute Gasteiger partial charge is 0.396 e. The SMILES string of the molecule is CCCO.O=C(Cn1c(=O)n(-c2ccc(-c3cncc4[nH]ncc34)cc2)c2ccccc21)NCC(F)(F)F. The van der Waals surface area contributed by atoms with Gasteiger partial charge in [-0.15, -0.1) is 0 Å². The zero-order valence-corrected chi connectivity index (χ0v) is 20.4. The number of carbonyl (C=O) groups is 1. The first-order valence-electron chi connectivity index (χ1n) is 11.8. The lowest BCUT2D eigenvalue weighted by molar-refractivity contribution is -0.138. The molecule has 9 nitrogen and oxygen atoms in total. The standard InChI is InChI=1S/C23H17F3N6O2.C3H8O/c24-23(25,26)13-28-21(33)12-31-19-3-1-2-4-20(19)32(22(31)34)15-7-5-14(6-8-15)16-9-27-11-18-17(16)10-29-30-18;1-2-3-4/h1-11H,12-13H2,(H,28,33)(H,29,30);4H,2-3H2,1H3. The molecule has 0 aliphatic rings. The molecule has 12 heteroatoms. The Hall–Kier alpha value is -4.45. The van der Waals surface area contributed by atoms with E-state index >= 15 is 0 Å². The van der Waals surface area contributed by atoms with Crippen LogP contribution in [0.5, 0.6) is 0 Å². The van der Waals surface area contributed by atoms with E-state index < -0.39 is 30.9 Å². The molecular formula is C26H25F3N6O3. The van der Waals surface area contributed by atoms with E-state index in [1.807, 2.05) is 19.1 Å². The topological polar surface area (TPSA) is 118 Å². The van der Waals surface area contributed by atoms with Crippen molar-refractivity contribution >= 4 is 27.8 Å². The quantitative estimate of drug-likeness (QED) is 0.311.